The third kappa shape index (κ3) is 2.20. The Morgan fingerprint density at radius 3 is 2.84 bits per heavy atom. The molecule has 1 aliphatic heterocycles. The van der Waals surface area contributed by atoms with Crippen LogP contribution in [0.4, 0.5) is 10.1 Å². The predicted octanol–water partition coefficient (Wildman–Crippen LogP) is 3.53. The van der Waals surface area contributed by atoms with Gasteiger partial charge in [0.25, 0.3) is 0 Å². The van der Waals surface area contributed by atoms with Crippen molar-refractivity contribution >= 4 is 17.3 Å². The zero-order valence-electron chi connectivity index (χ0n) is 10.2. The molecule has 0 fully saturated rings. The number of anilines is 1. The summed E-state index contributed by atoms with van der Waals surface area (Å²) >= 11 is 5.73. The van der Waals surface area contributed by atoms with Crippen molar-refractivity contribution in [1.29, 1.82) is 0 Å². The first-order valence-electron chi connectivity index (χ1n) is 6.15. The van der Waals surface area contributed by atoms with Crippen LogP contribution in [0.2, 0.25) is 5.02 Å². The molecule has 0 aliphatic carbocycles. The van der Waals surface area contributed by atoms with E-state index in [1.165, 1.54) is 12.1 Å². The van der Waals surface area contributed by atoms with Crippen LogP contribution in [0.5, 0.6) is 0 Å². The third-order valence-electron chi connectivity index (χ3n) is 3.43. The molecule has 98 valence electrons. The van der Waals surface area contributed by atoms with Gasteiger partial charge in [-0.25, -0.2) is 4.39 Å². The summed E-state index contributed by atoms with van der Waals surface area (Å²) < 4.78 is 13.9. The van der Waals surface area contributed by atoms with Crippen LogP contribution in [-0.4, -0.2) is 11.7 Å². The van der Waals surface area contributed by atoms with Gasteiger partial charge in [0.2, 0.25) is 0 Å². The molecule has 1 atom stereocenters. The number of aliphatic hydroxyl groups is 1. The molecule has 2 aromatic rings. The van der Waals surface area contributed by atoms with Crippen molar-refractivity contribution in [2.75, 3.05) is 11.9 Å². The standard InChI is InChI=1S/C15H13ClFNO/c16-10-4-5-11(13(17)8-10)15(19)12-3-1-2-9-6-7-18-14(9)12/h1-5,8,15,18-19H,6-7H2. The highest BCUT2D eigenvalue weighted by molar-refractivity contribution is 6.30. The number of benzene rings is 2. The number of nitrogens with one attached hydrogen (secondary N) is 1. The summed E-state index contributed by atoms with van der Waals surface area (Å²) in [6.07, 6.45) is -0.0586. The van der Waals surface area contributed by atoms with Gasteiger partial charge < -0.3 is 10.4 Å². The Morgan fingerprint density at radius 2 is 2.05 bits per heavy atom. The van der Waals surface area contributed by atoms with Crippen LogP contribution in [0.3, 0.4) is 0 Å². The lowest BCUT2D eigenvalue weighted by Gasteiger charge is -2.16. The van der Waals surface area contributed by atoms with E-state index in [4.69, 9.17) is 11.6 Å². The number of hydrogen-bond acceptors (Lipinski definition) is 2. The van der Waals surface area contributed by atoms with Gasteiger partial charge in [0.05, 0.1) is 0 Å². The normalized spacial score (nSPS) is 14.9. The largest absolute Gasteiger partial charge is 0.384 e. The van der Waals surface area contributed by atoms with Crippen LogP contribution in [0, 0.1) is 5.82 Å². The fraction of sp³-hybridized carbons (Fsp3) is 0.200. The third-order valence-corrected chi connectivity index (χ3v) is 3.67. The van der Waals surface area contributed by atoms with E-state index in [2.05, 4.69) is 5.32 Å². The summed E-state index contributed by atoms with van der Waals surface area (Å²) in [6, 6.07) is 10.0. The Bertz CT molecular complexity index is 630. The number of hydrogen-bond donors (Lipinski definition) is 2. The quantitative estimate of drug-likeness (QED) is 0.880. The molecule has 0 amide bonds. The molecule has 0 spiro atoms. The highest BCUT2D eigenvalue weighted by atomic mass is 35.5. The molecule has 4 heteroatoms. The molecule has 2 aromatic carbocycles. The highest BCUT2D eigenvalue weighted by Crippen LogP contribution is 2.35. The lowest BCUT2D eigenvalue weighted by atomic mass is 9.97. The van der Waals surface area contributed by atoms with E-state index in [0.29, 0.717) is 10.6 Å². The van der Waals surface area contributed by atoms with E-state index in [1.807, 2.05) is 18.2 Å². The van der Waals surface area contributed by atoms with Gasteiger partial charge >= 0.3 is 0 Å². The van der Waals surface area contributed by atoms with E-state index in [9.17, 15) is 9.50 Å². The lowest BCUT2D eigenvalue weighted by molar-refractivity contribution is 0.215. The fourth-order valence-electron chi connectivity index (χ4n) is 2.48. The first kappa shape index (κ1) is 12.5. The van der Waals surface area contributed by atoms with E-state index < -0.39 is 11.9 Å². The van der Waals surface area contributed by atoms with Crippen molar-refractivity contribution in [1.82, 2.24) is 0 Å². The van der Waals surface area contributed by atoms with Gasteiger partial charge in [-0.2, -0.15) is 0 Å². The predicted molar refractivity (Wildman–Crippen MR) is 74.1 cm³/mol. The molecule has 0 saturated heterocycles. The summed E-state index contributed by atoms with van der Waals surface area (Å²) in [5, 5.41) is 14.0. The molecular weight excluding hydrogens is 265 g/mol. The van der Waals surface area contributed by atoms with Crippen LogP contribution < -0.4 is 5.32 Å². The van der Waals surface area contributed by atoms with Crippen molar-refractivity contribution in [3.63, 3.8) is 0 Å². The first-order chi connectivity index (χ1) is 9.16. The summed E-state index contributed by atoms with van der Waals surface area (Å²) in [5.41, 5.74) is 3.03. The van der Waals surface area contributed by atoms with Crippen LogP contribution in [0.1, 0.15) is 22.8 Å². The maximum Gasteiger partial charge on any atom is 0.130 e. The minimum Gasteiger partial charge on any atom is -0.384 e. The molecule has 0 aromatic heterocycles. The van der Waals surface area contributed by atoms with Gasteiger partial charge in [-0.3, -0.25) is 0 Å². The van der Waals surface area contributed by atoms with Gasteiger partial charge in [0.15, 0.2) is 0 Å². The zero-order valence-corrected chi connectivity index (χ0v) is 10.9. The maximum absolute atomic E-state index is 13.9. The minimum atomic E-state index is -0.988. The Balaban J connectivity index is 2.05. The maximum atomic E-state index is 13.9. The monoisotopic (exact) mass is 277 g/mol. The van der Waals surface area contributed by atoms with E-state index >= 15 is 0 Å². The molecular formula is C15H13ClFNO. The van der Waals surface area contributed by atoms with Crippen LogP contribution in [-0.2, 0) is 6.42 Å². The molecule has 2 N–H and O–H groups in total. The molecule has 1 aliphatic rings. The van der Waals surface area contributed by atoms with E-state index in [0.717, 1.165) is 24.2 Å². The zero-order chi connectivity index (χ0) is 13.4. The number of rotatable bonds is 2. The first-order valence-corrected chi connectivity index (χ1v) is 6.53. The number of halogens is 2. The molecule has 3 rings (SSSR count). The average molecular weight is 278 g/mol. The van der Waals surface area contributed by atoms with Crippen LogP contribution >= 0.6 is 11.6 Å². The van der Waals surface area contributed by atoms with E-state index in [-0.39, 0.29) is 5.56 Å². The second kappa shape index (κ2) is 4.83. The van der Waals surface area contributed by atoms with Crippen molar-refractivity contribution < 1.29 is 9.50 Å². The summed E-state index contributed by atoms with van der Waals surface area (Å²) in [5.74, 6) is -0.490. The number of para-hydroxylation sites is 1. The number of fused-ring (bicyclic) bond motifs is 1. The van der Waals surface area contributed by atoms with Crippen LogP contribution in [0.15, 0.2) is 36.4 Å². The SMILES string of the molecule is OC(c1ccc(Cl)cc1F)c1cccc2c1NCC2. The molecule has 0 bridgehead atoms. The van der Waals surface area contributed by atoms with Gasteiger partial charge in [-0.15, -0.1) is 0 Å². The van der Waals surface area contributed by atoms with Crippen molar-refractivity contribution in [3.05, 3.63) is 63.9 Å². The van der Waals surface area contributed by atoms with Crippen LogP contribution in [0.25, 0.3) is 0 Å². The van der Waals surface area contributed by atoms with Gasteiger partial charge in [-0.1, -0.05) is 35.9 Å². The Hall–Kier alpha value is -1.58. The Morgan fingerprint density at radius 1 is 1.21 bits per heavy atom. The topological polar surface area (TPSA) is 32.3 Å². The molecule has 0 saturated carbocycles. The van der Waals surface area contributed by atoms with Gasteiger partial charge in [0.1, 0.15) is 11.9 Å². The second-order valence-corrected chi connectivity index (χ2v) is 5.06. The lowest BCUT2D eigenvalue weighted by Crippen LogP contribution is -2.05. The van der Waals surface area contributed by atoms with E-state index in [1.54, 1.807) is 6.07 Å². The van der Waals surface area contributed by atoms with Crippen molar-refractivity contribution in [3.8, 4) is 0 Å². The summed E-state index contributed by atoms with van der Waals surface area (Å²) in [6.45, 7) is 0.849. The minimum absolute atomic E-state index is 0.242. The molecule has 1 heterocycles. The fourth-order valence-corrected chi connectivity index (χ4v) is 2.64. The average Bonchev–Trinajstić information content (AvgIpc) is 2.86. The van der Waals surface area contributed by atoms with Crippen molar-refractivity contribution in [2.24, 2.45) is 0 Å². The molecule has 19 heavy (non-hydrogen) atoms. The smallest absolute Gasteiger partial charge is 0.130 e. The number of aliphatic hydroxyl groups excluding tert-OH is 1. The van der Waals surface area contributed by atoms with Crippen molar-refractivity contribution in [2.45, 2.75) is 12.5 Å². The summed E-state index contributed by atoms with van der Waals surface area (Å²) in [7, 11) is 0. The highest BCUT2D eigenvalue weighted by Gasteiger charge is 2.22. The molecule has 0 radical (unpaired) electrons. The Labute approximate surface area is 115 Å². The molecule has 2 nitrogen and oxygen atoms in total. The Kier molecular flexibility index (Phi) is 3.17. The van der Waals surface area contributed by atoms with Gasteiger partial charge in [-0.05, 0) is 24.1 Å². The summed E-state index contributed by atoms with van der Waals surface area (Å²) in [4.78, 5) is 0. The second-order valence-electron chi connectivity index (χ2n) is 4.63. The molecule has 1 unspecified atom stereocenters. The van der Waals surface area contributed by atoms with Gasteiger partial charge in [0, 0.05) is 28.4 Å².